The lowest BCUT2D eigenvalue weighted by Gasteiger charge is -2.10. The fraction of sp³-hybridized carbons (Fsp3) is 0.0769. The van der Waals surface area contributed by atoms with Gasteiger partial charge < -0.3 is 5.32 Å². The van der Waals surface area contributed by atoms with Crippen molar-refractivity contribution in [3.63, 3.8) is 0 Å². The topological polar surface area (TPSA) is 12.0 Å². The molecular formula is C13H9Cl3FN. The molecule has 0 aliphatic carbocycles. The van der Waals surface area contributed by atoms with Crippen molar-refractivity contribution in [2.75, 3.05) is 5.32 Å². The number of anilines is 1. The standard InChI is InChI=1S/C13H9Cl3FN/c14-9-5-11(16)13(6-10(9)15)18-7-8-3-1-2-4-12(8)17/h1-6,18H,7H2. The lowest BCUT2D eigenvalue weighted by Crippen LogP contribution is -2.02. The van der Waals surface area contributed by atoms with E-state index in [4.69, 9.17) is 34.8 Å². The first kappa shape index (κ1) is 13.5. The molecular weight excluding hydrogens is 296 g/mol. The molecule has 1 N–H and O–H groups in total. The third kappa shape index (κ3) is 3.08. The molecule has 2 aromatic carbocycles. The Bertz CT molecular complexity index is 572. The van der Waals surface area contributed by atoms with E-state index in [1.165, 1.54) is 6.07 Å². The molecule has 0 aliphatic heterocycles. The maximum absolute atomic E-state index is 13.4. The van der Waals surface area contributed by atoms with Crippen LogP contribution < -0.4 is 5.32 Å². The summed E-state index contributed by atoms with van der Waals surface area (Å²) in [5.41, 5.74) is 1.17. The van der Waals surface area contributed by atoms with Crippen molar-refractivity contribution in [3.8, 4) is 0 Å². The quantitative estimate of drug-likeness (QED) is 0.749. The van der Waals surface area contributed by atoms with Gasteiger partial charge in [0.25, 0.3) is 0 Å². The number of hydrogen-bond donors (Lipinski definition) is 1. The van der Waals surface area contributed by atoms with Crippen molar-refractivity contribution in [1.29, 1.82) is 0 Å². The third-order valence-corrected chi connectivity index (χ3v) is 3.47. The lowest BCUT2D eigenvalue weighted by molar-refractivity contribution is 0.613. The molecule has 0 aromatic heterocycles. The molecule has 2 aromatic rings. The average Bonchev–Trinajstić information content (AvgIpc) is 2.34. The van der Waals surface area contributed by atoms with Crippen molar-refractivity contribution in [3.05, 3.63) is 62.8 Å². The zero-order valence-electron chi connectivity index (χ0n) is 9.18. The molecule has 0 saturated heterocycles. The number of rotatable bonds is 3. The minimum atomic E-state index is -0.263. The van der Waals surface area contributed by atoms with Crippen LogP contribution in [0.1, 0.15) is 5.56 Å². The van der Waals surface area contributed by atoms with Crippen molar-refractivity contribution >= 4 is 40.5 Å². The number of hydrogen-bond acceptors (Lipinski definition) is 1. The summed E-state index contributed by atoms with van der Waals surface area (Å²) in [5.74, 6) is -0.263. The molecule has 0 fully saturated rings. The maximum Gasteiger partial charge on any atom is 0.128 e. The van der Waals surface area contributed by atoms with E-state index in [9.17, 15) is 4.39 Å². The maximum atomic E-state index is 13.4. The fourth-order valence-electron chi connectivity index (χ4n) is 1.49. The van der Waals surface area contributed by atoms with Crippen molar-refractivity contribution < 1.29 is 4.39 Å². The summed E-state index contributed by atoms with van der Waals surface area (Å²) in [5, 5.41) is 4.26. The normalized spacial score (nSPS) is 10.4. The highest BCUT2D eigenvalue weighted by Crippen LogP contribution is 2.32. The van der Waals surface area contributed by atoms with Crippen LogP contribution in [0, 0.1) is 5.82 Å². The zero-order chi connectivity index (χ0) is 13.1. The highest BCUT2D eigenvalue weighted by atomic mass is 35.5. The van der Waals surface area contributed by atoms with E-state index in [1.807, 2.05) is 0 Å². The molecule has 0 bridgehead atoms. The molecule has 0 unspecified atom stereocenters. The Labute approximate surface area is 119 Å². The molecule has 0 amide bonds. The summed E-state index contributed by atoms with van der Waals surface area (Å²) in [6.45, 7) is 0.324. The largest absolute Gasteiger partial charge is 0.380 e. The average molecular weight is 305 g/mol. The second-order valence-corrected chi connectivity index (χ2v) is 4.91. The summed E-state index contributed by atoms with van der Waals surface area (Å²) in [6, 6.07) is 9.70. The van der Waals surface area contributed by atoms with E-state index in [1.54, 1.807) is 30.3 Å². The summed E-state index contributed by atoms with van der Waals surface area (Å²) in [7, 11) is 0. The van der Waals surface area contributed by atoms with Gasteiger partial charge in [-0.15, -0.1) is 0 Å². The minimum absolute atomic E-state index is 0.263. The molecule has 0 aliphatic rings. The van der Waals surface area contributed by atoms with Gasteiger partial charge in [-0.05, 0) is 18.2 Å². The Balaban J connectivity index is 2.16. The van der Waals surface area contributed by atoms with Crippen molar-refractivity contribution in [2.45, 2.75) is 6.54 Å². The van der Waals surface area contributed by atoms with E-state index in [0.717, 1.165) is 0 Å². The van der Waals surface area contributed by atoms with Crippen LogP contribution in [-0.2, 0) is 6.54 Å². The Morgan fingerprint density at radius 1 is 0.944 bits per heavy atom. The second kappa shape index (κ2) is 5.79. The molecule has 5 heteroatoms. The van der Waals surface area contributed by atoms with E-state index >= 15 is 0 Å². The molecule has 0 saturated carbocycles. The minimum Gasteiger partial charge on any atom is -0.380 e. The van der Waals surface area contributed by atoms with E-state index in [-0.39, 0.29) is 5.82 Å². The number of benzene rings is 2. The van der Waals surface area contributed by atoms with E-state index in [2.05, 4.69) is 5.32 Å². The summed E-state index contributed by atoms with van der Waals surface area (Å²) in [4.78, 5) is 0. The Kier molecular flexibility index (Phi) is 4.33. The van der Waals surface area contributed by atoms with Crippen LogP contribution in [0.4, 0.5) is 10.1 Å². The van der Waals surface area contributed by atoms with Gasteiger partial charge in [0.05, 0.1) is 20.8 Å². The Hall–Kier alpha value is -0.960. The number of halogens is 4. The van der Waals surface area contributed by atoms with Crippen LogP contribution in [0.5, 0.6) is 0 Å². The molecule has 0 heterocycles. The molecule has 94 valence electrons. The highest BCUT2D eigenvalue weighted by molar-refractivity contribution is 6.44. The van der Waals surface area contributed by atoms with Crippen LogP contribution in [-0.4, -0.2) is 0 Å². The van der Waals surface area contributed by atoms with Gasteiger partial charge in [0.2, 0.25) is 0 Å². The SMILES string of the molecule is Fc1ccccc1CNc1cc(Cl)c(Cl)cc1Cl. The van der Waals surface area contributed by atoms with Gasteiger partial charge in [-0.2, -0.15) is 0 Å². The lowest BCUT2D eigenvalue weighted by atomic mass is 10.2. The third-order valence-electron chi connectivity index (χ3n) is 2.44. The van der Waals surface area contributed by atoms with Crippen LogP contribution in [0.15, 0.2) is 36.4 Å². The van der Waals surface area contributed by atoms with Gasteiger partial charge in [-0.1, -0.05) is 53.0 Å². The molecule has 0 radical (unpaired) electrons. The van der Waals surface area contributed by atoms with Gasteiger partial charge in [0, 0.05) is 12.1 Å². The zero-order valence-corrected chi connectivity index (χ0v) is 11.5. The van der Waals surface area contributed by atoms with Crippen LogP contribution >= 0.6 is 34.8 Å². The van der Waals surface area contributed by atoms with Crippen LogP contribution in [0.25, 0.3) is 0 Å². The smallest absolute Gasteiger partial charge is 0.128 e. The molecule has 0 spiro atoms. The van der Waals surface area contributed by atoms with Gasteiger partial charge in [0.15, 0.2) is 0 Å². The Morgan fingerprint density at radius 2 is 1.61 bits per heavy atom. The predicted molar refractivity (Wildman–Crippen MR) is 75.2 cm³/mol. The first-order valence-electron chi connectivity index (χ1n) is 5.20. The van der Waals surface area contributed by atoms with E-state index < -0.39 is 0 Å². The summed E-state index contributed by atoms with van der Waals surface area (Å²) in [6.07, 6.45) is 0. The number of nitrogens with one attached hydrogen (secondary N) is 1. The fourth-order valence-corrected chi connectivity index (χ4v) is 2.10. The highest BCUT2D eigenvalue weighted by Gasteiger charge is 2.07. The first-order chi connectivity index (χ1) is 8.58. The monoisotopic (exact) mass is 303 g/mol. The second-order valence-electron chi connectivity index (χ2n) is 3.69. The van der Waals surface area contributed by atoms with Crippen molar-refractivity contribution in [2.24, 2.45) is 0 Å². The van der Waals surface area contributed by atoms with Gasteiger partial charge in [-0.25, -0.2) is 4.39 Å². The summed E-state index contributed by atoms with van der Waals surface area (Å²) >= 11 is 17.7. The van der Waals surface area contributed by atoms with Crippen LogP contribution in [0.3, 0.4) is 0 Å². The molecule has 18 heavy (non-hydrogen) atoms. The van der Waals surface area contributed by atoms with Gasteiger partial charge in [0.1, 0.15) is 5.82 Å². The predicted octanol–water partition coefficient (Wildman–Crippen LogP) is 5.40. The van der Waals surface area contributed by atoms with Crippen molar-refractivity contribution in [1.82, 2.24) is 0 Å². The summed E-state index contributed by atoms with van der Waals surface area (Å²) < 4.78 is 13.4. The van der Waals surface area contributed by atoms with Gasteiger partial charge >= 0.3 is 0 Å². The molecule has 1 nitrogen and oxygen atoms in total. The van der Waals surface area contributed by atoms with Gasteiger partial charge in [-0.3, -0.25) is 0 Å². The van der Waals surface area contributed by atoms with E-state index in [0.29, 0.717) is 32.9 Å². The molecule has 0 atom stereocenters. The Morgan fingerprint density at radius 3 is 2.33 bits per heavy atom. The van der Waals surface area contributed by atoms with Crippen LogP contribution in [0.2, 0.25) is 15.1 Å². The molecule has 2 rings (SSSR count). The first-order valence-corrected chi connectivity index (χ1v) is 6.33.